The van der Waals surface area contributed by atoms with E-state index in [9.17, 15) is 22.4 Å². The van der Waals surface area contributed by atoms with Gasteiger partial charge in [-0.15, -0.1) is 0 Å². The van der Waals surface area contributed by atoms with E-state index in [1.165, 1.54) is 17.0 Å². The number of amides is 1. The Balaban J connectivity index is 1.83. The van der Waals surface area contributed by atoms with Gasteiger partial charge in [0.15, 0.2) is 11.6 Å². The normalized spacial score (nSPS) is 11.1. The Hall–Kier alpha value is -3.81. The average Bonchev–Trinajstić information content (AvgIpc) is 3.21. The van der Waals surface area contributed by atoms with Crippen molar-refractivity contribution in [1.82, 2.24) is 9.47 Å². The molecule has 4 nitrogen and oxygen atoms in total. The Bertz CT molecular complexity index is 1350. The van der Waals surface area contributed by atoms with E-state index < -0.39 is 29.4 Å². The van der Waals surface area contributed by atoms with Gasteiger partial charge in [0.2, 0.25) is 0 Å². The van der Waals surface area contributed by atoms with Crippen molar-refractivity contribution in [2.75, 3.05) is 13.1 Å². The standard InChI is InChI=1S/C26H22F4N2O2/c1-3-31(4-2)26(33)34-23-10-9-22-20(24(23)16-5-7-18(27)8-6-16)11-12-32(22)15-17-13-19(28)14-21(29)25(17)30/h5-14H,3-4,15H2,1-2H3. The van der Waals surface area contributed by atoms with E-state index in [0.717, 1.165) is 6.07 Å². The number of fused-ring (bicyclic) bond motifs is 1. The van der Waals surface area contributed by atoms with Crippen molar-refractivity contribution in [3.8, 4) is 16.9 Å². The molecule has 34 heavy (non-hydrogen) atoms. The molecule has 0 fully saturated rings. The van der Waals surface area contributed by atoms with Crippen LogP contribution in [0.15, 0.2) is 60.8 Å². The zero-order valence-corrected chi connectivity index (χ0v) is 18.6. The molecule has 1 amide bonds. The van der Waals surface area contributed by atoms with Crippen molar-refractivity contribution >= 4 is 17.0 Å². The number of carbonyl (C=O) groups is 1. The minimum atomic E-state index is -1.26. The molecule has 0 bridgehead atoms. The van der Waals surface area contributed by atoms with Gasteiger partial charge in [-0.3, -0.25) is 0 Å². The van der Waals surface area contributed by atoms with Gasteiger partial charge in [0.25, 0.3) is 0 Å². The van der Waals surface area contributed by atoms with Gasteiger partial charge >= 0.3 is 6.09 Å². The fourth-order valence-electron chi connectivity index (χ4n) is 3.94. The number of hydrogen-bond donors (Lipinski definition) is 0. The number of hydrogen-bond acceptors (Lipinski definition) is 2. The average molecular weight is 470 g/mol. The van der Waals surface area contributed by atoms with Crippen LogP contribution in [0.5, 0.6) is 5.75 Å². The van der Waals surface area contributed by atoms with Crippen molar-refractivity contribution in [3.05, 3.63) is 89.6 Å². The van der Waals surface area contributed by atoms with Crippen LogP contribution in [0.25, 0.3) is 22.0 Å². The molecule has 1 heterocycles. The fraction of sp³-hybridized carbons (Fsp3) is 0.192. The number of rotatable bonds is 6. The number of carbonyl (C=O) groups excluding carboxylic acids is 1. The molecule has 3 aromatic carbocycles. The summed E-state index contributed by atoms with van der Waals surface area (Å²) in [5, 5.41) is 0.647. The molecule has 4 rings (SSSR count). The predicted octanol–water partition coefficient (Wildman–Crippen LogP) is 6.75. The van der Waals surface area contributed by atoms with Crippen molar-refractivity contribution < 1.29 is 27.1 Å². The molecule has 0 saturated heterocycles. The molecule has 0 aliphatic heterocycles. The SMILES string of the molecule is CCN(CC)C(=O)Oc1ccc2c(ccn2Cc2cc(F)cc(F)c2F)c1-c1ccc(F)cc1. The Morgan fingerprint density at radius 2 is 1.62 bits per heavy atom. The van der Waals surface area contributed by atoms with Gasteiger partial charge in [0.1, 0.15) is 17.4 Å². The number of ether oxygens (including phenoxy) is 1. The highest BCUT2D eigenvalue weighted by Gasteiger charge is 2.20. The first-order valence-corrected chi connectivity index (χ1v) is 10.8. The highest BCUT2D eigenvalue weighted by molar-refractivity contribution is 5.99. The molecular weight excluding hydrogens is 448 g/mol. The molecule has 0 atom stereocenters. The quantitative estimate of drug-likeness (QED) is 0.231. The third kappa shape index (κ3) is 4.48. The van der Waals surface area contributed by atoms with Crippen LogP contribution in [0.4, 0.5) is 22.4 Å². The van der Waals surface area contributed by atoms with E-state index in [1.54, 1.807) is 41.1 Å². The summed E-state index contributed by atoms with van der Waals surface area (Å²) in [6.45, 7) is 4.49. The van der Waals surface area contributed by atoms with Gasteiger partial charge in [-0.05, 0) is 55.8 Å². The van der Waals surface area contributed by atoms with E-state index in [2.05, 4.69) is 0 Å². The van der Waals surface area contributed by atoms with Crippen LogP contribution in [0.1, 0.15) is 19.4 Å². The third-order valence-corrected chi connectivity index (χ3v) is 5.68. The van der Waals surface area contributed by atoms with Gasteiger partial charge < -0.3 is 14.2 Å². The zero-order valence-electron chi connectivity index (χ0n) is 18.6. The smallest absolute Gasteiger partial charge is 0.410 e. The summed E-state index contributed by atoms with van der Waals surface area (Å²) in [6, 6.07) is 12.2. The fourth-order valence-corrected chi connectivity index (χ4v) is 3.94. The van der Waals surface area contributed by atoms with Crippen molar-refractivity contribution in [2.45, 2.75) is 20.4 Å². The molecular formula is C26H22F4N2O2. The summed E-state index contributed by atoms with van der Waals surface area (Å²) < 4.78 is 62.5. The maximum atomic E-state index is 14.3. The molecule has 0 radical (unpaired) electrons. The molecule has 4 aromatic rings. The molecule has 0 saturated carbocycles. The van der Waals surface area contributed by atoms with Crippen LogP contribution in [-0.2, 0) is 6.54 Å². The van der Waals surface area contributed by atoms with E-state index >= 15 is 0 Å². The summed E-state index contributed by atoms with van der Waals surface area (Å²) in [7, 11) is 0. The number of aromatic nitrogens is 1. The predicted molar refractivity (Wildman–Crippen MR) is 122 cm³/mol. The second-order valence-corrected chi connectivity index (χ2v) is 7.72. The van der Waals surface area contributed by atoms with E-state index in [4.69, 9.17) is 4.74 Å². The maximum absolute atomic E-state index is 14.3. The Morgan fingerprint density at radius 3 is 2.29 bits per heavy atom. The van der Waals surface area contributed by atoms with Gasteiger partial charge in [-0.2, -0.15) is 0 Å². The van der Waals surface area contributed by atoms with Crippen molar-refractivity contribution in [3.63, 3.8) is 0 Å². The lowest BCUT2D eigenvalue weighted by Crippen LogP contribution is -2.33. The lowest BCUT2D eigenvalue weighted by Gasteiger charge is -2.20. The van der Waals surface area contributed by atoms with Gasteiger partial charge in [0.05, 0.1) is 6.54 Å². The van der Waals surface area contributed by atoms with Crippen LogP contribution < -0.4 is 4.74 Å². The summed E-state index contributed by atoms with van der Waals surface area (Å²) in [5.41, 5.74) is 1.62. The molecule has 176 valence electrons. The highest BCUT2D eigenvalue weighted by Crippen LogP contribution is 2.38. The number of halogens is 4. The van der Waals surface area contributed by atoms with Crippen LogP contribution in [-0.4, -0.2) is 28.6 Å². The van der Waals surface area contributed by atoms with E-state index in [1.807, 2.05) is 13.8 Å². The number of nitrogens with zero attached hydrogens (tertiary/aromatic N) is 2. The maximum Gasteiger partial charge on any atom is 0.415 e. The van der Waals surface area contributed by atoms with Gasteiger partial charge in [-0.25, -0.2) is 22.4 Å². The Labute approximate surface area is 194 Å². The minimum absolute atomic E-state index is 0.120. The summed E-state index contributed by atoms with van der Waals surface area (Å²) in [4.78, 5) is 14.1. The van der Waals surface area contributed by atoms with Crippen LogP contribution in [0, 0.1) is 23.3 Å². The molecule has 0 spiro atoms. The molecule has 0 N–H and O–H groups in total. The molecule has 1 aromatic heterocycles. The van der Waals surface area contributed by atoms with Crippen molar-refractivity contribution in [2.24, 2.45) is 0 Å². The zero-order chi connectivity index (χ0) is 24.4. The summed E-state index contributed by atoms with van der Waals surface area (Å²) in [5.74, 6) is -3.39. The van der Waals surface area contributed by atoms with Gasteiger partial charge in [-0.1, -0.05) is 12.1 Å². The molecule has 0 unspecified atom stereocenters. The first kappa shape index (κ1) is 23.4. The largest absolute Gasteiger partial charge is 0.415 e. The van der Waals surface area contributed by atoms with Crippen LogP contribution >= 0.6 is 0 Å². The first-order valence-electron chi connectivity index (χ1n) is 10.8. The lowest BCUT2D eigenvalue weighted by atomic mass is 10.0. The van der Waals surface area contributed by atoms with Crippen molar-refractivity contribution in [1.29, 1.82) is 0 Å². The molecule has 0 aliphatic carbocycles. The third-order valence-electron chi connectivity index (χ3n) is 5.68. The molecule has 0 aliphatic rings. The number of benzene rings is 3. The van der Waals surface area contributed by atoms with Crippen LogP contribution in [0.2, 0.25) is 0 Å². The first-order chi connectivity index (χ1) is 16.3. The molecule has 8 heteroatoms. The van der Waals surface area contributed by atoms with E-state index in [0.29, 0.717) is 41.2 Å². The summed E-state index contributed by atoms with van der Waals surface area (Å²) in [6.07, 6.45) is 1.13. The second kappa shape index (κ2) is 9.59. The Kier molecular flexibility index (Phi) is 6.58. The van der Waals surface area contributed by atoms with Gasteiger partial charge in [0, 0.05) is 47.4 Å². The minimum Gasteiger partial charge on any atom is -0.410 e. The monoisotopic (exact) mass is 470 g/mol. The highest BCUT2D eigenvalue weighted by atomic mass is 19.2. The topological polar surface area (TPSA) is 34.5 Å². The second-order valence-electron chi connectivity index (χ2n) is 7.72. The lowest BCUT2D eigenvalue weighted by molar-refractivity contribution is 0.157. The van der Waals surface area contributed by atoms with Crippen LogP contribution in [0.3, 0.4) is 0 Å². The summed E-state index contributed by atoms with van der Waals surface area (Å²) >= 11 is 0. The Morgan fingerprint density at radius 1 is 0.912 bits per heavy atom. The van der Waals surface area contributed by atoms with E-state index in [-0.39, 0.29) is 17.9 Å².